The van der Waals surface area contributed by atoms with Crippen molar-refractivity contribution in [1.82, 2.24) is 5.32 Å². The molecule has 0 saturated carbocycles. The van der Waals surface area contributed by atoms with Gasteiger partial charge in [-0.2, -0.15) is 0 Å². The van der Waals surface area contributed by atoms with E-state index in [0.29, 0.717) is 19.7 Å². The number of aliphatic hydroxyl groups excluding tert-OH is 1. The third-order valence-electron chi connectivity index (χ3n) is 2.87. The molecule has 0 spiro atoms. The Morgan fingerprint density at radius 1 is 1.37 bits per heavy atom. The number of methoxy groups -OCH3 is 1. The zero-order valence-corrected chi connectivity index (χ0v) is 11.6. The predicted molar refractivity (Wildman–Crippen MR) is 75.0 cm³/mol. The van der Waals surface area contributed by atoms with Crippen LogP contribution in [0.1, 0.15) is 6.92 Å². The monoisotopic (exact) mass is 270 g/mol. The van der Waals surface area contributed by atoms with Crippen LogP contribution in [0.2, 0.25) is 0 Å². The number of halogens is 1. The first-order chi connectivity index (χ1) is 9.17. The Hall–Kier alpha value is -1.17. The molecule has 1 atom stereocenters. The van der Waals surface area contributed by atoms with Crippen molar-refractivity contribution in [3.05, 3.63) is 30.1 Å². The summed E-state index contributed by atoms with van der Waals surface area (Å²) in [7, 11) is 1.64. The van der Waals surface area contributed by atoms with E-state index in [9.17, 15) is 9.50 Å². The minimum atomic E-state index is -0.471. The summed E-state index contributed by atoms with van der Waals surface area (Å²) in [5.41, 5.74) is 0.917. The molecule has 5 heteroatoms. The number of rotatable bonds is 9. The highest BCUT2D eigenvalue weighted by Crippen LogP contribution is 2.14. The molecular formula is C14H23FN2O2. The summed E-state index contributed by atoms with van der Waals surface area (Å²) in [4.78, 5) is 2.02. The van der Waals surface area contributed by atoms with Crippen LogP contribution in [0.15, 0.2) is 24.3 Å². The molecule has 4 nitrogen and oxygen atoms in total. The van der Waals surface area contributed by atoms with Gasteiger partial charge in [0, 0.05) is 39.0 Å². The number of ether oxygens (including phenoxy) is 1. The fourth-order valence-corrected chi connectivity index (χ4v) is 1.83. The highest BCUT2D eigenvalue weighted by atomic mass is 19.1. The second-order valence-corrected chi connectivity index (χ2v) is 4.37. The number of likely N-dealkylation sites (N-methyl/N-ethyl adjacent to an activating group) is 1. The second kappa shape index (κ2) is 8.85. The molecule has 108 valence electrons. The lowest BCUT2D eigenvalue weighted by molar-refractivity contribution is 0.163. The minimum absolute atomic E-state index is 0.249. The Kier molecular flexibility index (Phi) is 7.40. The average molecular weight is 270 g/mol. The van der Waals surface area contributed by atoms with E-state index < -0.39 is 6.10 Å². The van der Waals surface area contributed by atoms with Gasteiger partial charge in [-0.1, -0.05) is 0 Å². The number of nitrogens with one attached hydrogen (secondary N) is 1. The lowest BCUT2D eigenvalue weighted by atomic mass is 10.2. The molecule has 2 N–H and O–H groups in total. The quantitative estimate of drug-likeness (QED) is 0.663. The molecule has 1 aromatic rings. The standard InChI is InChI=1S/C14H23FN2O2/c1-3-17(13-6-4-12(15)5-7-13)11-14(18)10-16-8-9-19-2/h4-7,14,16,18H,3,8-11H2,1-2H3. The number of hydrogen-bond donors (Lipinski definition) is 2. The Balaban J connectivity index is 2.41. The predicted octanol–water partition coefficient (Wildman–Crippen LogP) is 1.25. The normalized spacial score (nSPS) is 12.4. The minimum Gasteiger partial charge on any atom is -0.390 e. The molecule has 0 saturated heterocycles. The molecule has 0 bridgehead atoms. The molecule has 0 aliphatic carbocycles. The fourth-order valence-electron chi connectivity index (χ4n) is 1.83. The summed E-state index contributed by atoms with van der Waals surface area (Å²) in [6, 6.07) is 6.32. The van der Waals surface area contributed by atoms with E-state index in [1.807, 2.05) is 11.8 Å². The van der Waals surface area contributed by atoms with Gasteiger partial charge in [0.2, 0.25) is 0 Å². The van der Waals surface area contributed by atoms with Crippen LogP contribution in [0, 0.1) is 5.82 Å². The van der Waals surface area contributed by atoms with Gasteiger partial charge in [0.1, 0.15) is 5.82 Å². The van der Waals surface area contributed by atoms with Gasteiger partial charge < -0.3 is 20.1 Å². The van der Waals surface area contributed by atoms with Gasteiger partial charge in [-0.3, -0.25) is 0 Å². The summed E-state index contributed by atoms with van der Waals surface area (Å²) >= 11 is 0. The van der Waals surface area contributed by atoms with Crippen LogP contribution in [0.5, 0.6) is 0 Å². The summed E-state index contributed by atoms with van der Waals surface area (Å²) in [5.74, 6) is -0.249. The zero-order chi connectivity index (χ0) is 14.1. The average Bonchev–Trinajstić information content (AvgIpc) is 2.42. The van der Waals surface area contributed by atoms with Crippen LogP contribution < -0.4 is 10.2 Å². The third kappa shape index (κ3) is 6.00. The Labute approximate surface area is 114 Å². The molecule has 0 amide bonds. The summed E-state index contributed by atoms with van der Waals surface area (Å²) in [6.07, 6.45) is -0.471. The first kappa shape index (κ1) is 15.9. The maximum absolute atomic E-state index is 12.9. The third-order valence-corrected chi connectivity index (χ3v) is 2.87. The van der Waals surface area contributed by atoms with Crippen molar-refractivity contribution in [1.29, 1.82) is 0 Å². The number of aliphatic hydroxyl groups is 1. The van der Waals surface area contributed by atoms with E-state index in [1.165, 1.54) is 12.1 Å². The van der Waals surface area contributed by atoms with Gasteiger partial charge in [0.25, 0.3) is 0 Å². The fraction of sp³-hybridized carbons (Fsp3) is 0.571. The van der Waals surface area contributed by atoms with Crippen molar-refractivity contribution in [3.8, 4) is 0 Å². The van der Waals surface area contributed by atoms with Crippen molar-refractivity contribution >= 4 is 5.69 Å². The van der Waals surface area contributed by atoms with Gasteiger partial charge >= 0.3 is 0 Å². The van der Waals surface area contributed by atoms with Crippen LogP contribution in [0.3, 0.4) is 0 Å². The molecule has 0 radical (unpaired) electrons. The molecule has 1 rings (SSSR count). The first-order valence-corrected chi connectivity index (χ1v) is 6.55. The maximum Gasteiger partial charge on any atom is 0.123 e. The molecule has 0 heterocycles. The molecule has 0 aliphatic heterocycles. The smallest absolute Gasteiger partial charge is 0.123 e. The van der Waals surface area contributed by atoms with Crippen molar-refractivity contribution in [2.75, 3.05) is 44.8 Å². The van der Waals surface area contributed by atoms with Gasteiger partial charge in [-0.05, 0) is 31.2 Å². The SMILES string of the molecule is CCN(CC(O)CNCCOC)c1ccc(F)cc1. The van der Waals surface area contributed by atoms with E-state index in [-0.39, 0.29) is 5.82 Å². The lowest BCUT2D eigenvalue weighted by Crippen LogP contribution is -2.39. The maximum atomic E-state index is 12.9. The van der Waals surface area contributed by atoms with Gasteiger partial charge in [0.05, 0.1) is 12.7 Å². The van der Waals surface area contributed by atoms with E-state index in [1.54, 1.807) is 19.2 Å². The van der Waals surface area contributed by atoms with Crippen LogP contribution in [-0.4, -0.2) is 51.1 Å². The largest absolute Gasteiger partial charge is 0.390 e. The molecule has 0 aliphatic rings. The van der Waals surface area contributed by atoms with Crippen molar-refractivity contribution in [2.24, 2.45) is 0 Å². The van der Waals surface area contributed by atoms with E-state index in [2.05, 4.69) is 5.32 Å². The van der Waals surface area contributed by atoms with Gasteiger partial charge in [-0.25, -0.2) is 4.39 Å². The summed E-state index contributed by atoms with van der Waals surface area (Å²) in [5, 5.41) is 13.1. The molecule has 1 aromatic carbocycles. The van der Waals surface area contributed by atoms with Crippen LogP contribution in [-0.2, 0) is 4.74 Å². The Bertz CT molecular complexity index is 346. The topological polar surface area (TPSA) is 44.7 Å². The molecule has 0 aromatic heterocycles. The van der Waals surface area contributed by atoms with Crippen molar-refractivity contribution < 1.29 is 14.2 Å². The molecular weight excluding hydrogens is 247 g/mol. The first-order valence-electron chi connectivity index (χ1n) is 6.55. The number of anilines is 1. The lowest BCUT2D eigenvalue weighted by Gasteiger charge is -2.26. The number of benzene rings is 1. The molecule has 1 unspecified atom stereocenters. The highest BCUT2D eigenvalue weighted by Gasteiger charge is 2.10. The van der Waals surface area contributed by atoms with Crippen LogP contribution in [0.4, 0.5) is 10.1 Å². The van der Waals surface area contributed by atoms with Crippen molar-refractivity contribution in [2.45, 2.75) is 13.0 Å². The number of hydrogen-bond acceptors (Lipinski definition) is 4. The molecule has 0 fully saturated rings. The van der Waals surface area contributed by atoms with E-state index >= 15 is 0 Å². The summed E-state index contributed by atoms with van der Waals surface area (Å²) < 4.78 is 17.8. The Morgan fingerprint density at radius 3 is 2.63 bits per heavy atom. The van der Waals surface area contributed by atoms with Crippen LogP contribution >= 0.6 is 0 Å². The Morgan fingerprint density at radius 2 is 2.05 bits per heavy atom. The van der Waals surface area contributed by atoms with Gasteiger partial charge in [-0.15, -0.1) is 0 Å². The number of nitrogens with zero attached hydrogens (tertiary/aromatic N) is 1. The highest BCUT2D eigenvalue weighted by molar-refractivity contribution is 5.46. The van der Waals surface area contributed by atoms with E-state index in [4.69, 9.17) is 4.74 Å². The zero-order valence-electron chi connectivity index (χ0n) is 11.6. The molecule has 19 heavy (non-hydrogen) atoms. The second-order valence-electron chi connectivity index (χ2n) is 4.37. The van der Waals surface area contributed by atoms with Crippen LogP contribution in [0.25, 0.3) is 0 Å². The van der Waals surface area contributed by atoms with Gasteiger partial charge in [0.15, 0.2) is 0 Å². The summed E-state index contributed by atoms with van der Waals surface area (Å²) in [6.45, 7) is 5.15. The van der Waals surface area contributed by atoms with Crippen molar-refractivity contribution in [3.63, 3.8) is 0 Å². The van der Waals surface area contributed by atoms with E-state index in [0.717, 1.165) is 18.8 Å².